The van der Waals surface area contributed by atoms with Crippen LogP contribution in [0.4, 0.5) is 5.69 Å². The molecule has 0 N–H and O–H groups in total. The molecule has 16 heavy (non-hydrogen) atoms. The lowest BCUT2D eigenvalue weighted by molar-refractivity contribution is 0.311. The first-order valence-corrected chi connectivity index (χ1v) is 7.00. The second-order valence-electron chi connectivity index (χ2n) is 2.94. The van der Waals surface area contributed by atoms with Crippen LogP contribution in [0.1, 0.15) is 5.56 Å². The molecule has 1 aromatic carbocycles. The topological polar surface area (TPSA) is 92.1 Å². The Morgan fingerprint density at radius 2 is 2.25 bits per heavy atom. The third kappa shape index (κ3) is 4.35. The molecular weight excluding hydrogens is 345 g/mol. The molecule has 1 rings (SSSR count). The van der Waals surface area contributed by atoms with E-state index >= 15 is 0 Å². The first-order chi connectivity index (χ1) is 7.42. The molecule has 0 amide bonds. The van der Waals surface area contributed by atoms with Gasteiger partial charge >= 0.3 is 0 Å². The Bertz CT molecular complexity index is 537. The van der Waals surface area contributed by atoms with Gasteiger partial charge < -0.3 is 0 Å². The van der Waals surface area contributed by atoms with Gasteiger partial charge in [0.2, 0.25) is 0 Å². The van der Waals surface area contributed by atoms with Crippen molar-refractivity contribution >= 4 is 38.4 Å². The summed E-state index contributed by atoms with van der Waals surface area (Å²) in [7, 11) is -3.44. The van der Waals surface area contributed by atoms with E-state index in [0.717, 1.165) is 9.83 Å². The highest BCUT2D eigenvalue weighted by Gasteiger charge is 2.04. The quantitative estimate of drug-likeness (QED) is 0.274. The van der Waals surface area contributed by atoms with Crippen LogP contribution in [0.5, 0.6) is 0 Å². The Kier molecular flexibility index (Phi) is 4.54. The number of hydrogen-bond donors (Lipinski definition) is 0. The summed E-state index contributed by atoms with van der Waals surface area (Å²) in [6, 6.07) is 4.97. The monoisotopic (exact) mass is 353 g/mol. The summed E-state index contributed by atoms with van der Waals surface area (Å²) in [6.45, 7) is -0.0224. The number of halogens is 1. The number of nitrogens with zero attached hydrogens (tertiary/aromatic N) is 3. The fourth-order valence-electron chi connectivity index (χ4n) is 0.945. The van der Waals surface area contributed by atoms with Gasteiger partial charge in [-0.25, -0.2) is 0 Å². The van der Waals surface area contributed by atoms with Gasteiger partial charge in [-0.1, -0.05) is 17.2 Å². The van der Waals surface area contributed by atoms with Crippen LogP contribution in [0.25, 0.3) is 10.4 Å². The number of azide groups is 1. The highest BCUT2D eigenvalue weighted by molar-refractivity contribution is 14.1. The standard InChI is InChI=1S/C8H8IN3O3S/c1-16(13,14)15-5-6-2-3-8(11-12-10)7(9)4-6/h2-4H,5H2,1H3. The molecule has 0 saturated carbocycles. The van der Waals surface area contributed by atoms with E-state index in [9.17, 15) is 8.42 Å². The molecule has 0 radical (unpaired) electrons. The summed E-state index contributed by atoms with van der Waals surface area (Å²) in [6.07, 6.45) is 0.992. The van der Waals surface area contributed by atoms with Crippen LogP contribution in [-0.4, -0.2) is 14.7 Å². The summed E-state index contributed by atoms with van der Waals surface area (Å²) < 4.78 is 26.9. The molecule has 0 aromatic heterocycles. The van der Waals surface area contributed by atoms with Gasteiger partial charge in [0, 0.05) is 8.48 Å². The molecule has 0 spiro atoms. The third-order valence-corrected chi connectivity index (χ3v) is 3.01. The van der Waals surface area contributed by atoms with Crippen LogP contribution < -0.4 is 0 Å². The van der Waals surface area contributed by atoms with Gasteiger partial charge in [-0.2, -0.15) is 8.42 Å². The Morgan fingerprint density at radius 3 is 2.75 bits per heavy atom. The minimum Gasteiger partial charge on any atom is -0.265 e. The maximum absolute atomic E-state index is 10.8. The van der Waals surface area contributed by atoms with Crippen LogP contribution >= 0.6 is 22.6 Å². The molecule has 6 nitrogen and oxygen atoms in total. The maximum atomic E-state index is 10.8. The summed E-state index contributed by atoms with van der Waals surface area (Å²) in [5, 5.41) is 3.47. The summed E-state index contributed by atoms with van der Waals surface area (Å²) in [5.74, 6) is 0. The van der Waals surface area contributed by atoms with E-state index < -0.39 is 10.1 Å². The van der Waals surface area contributed by atoms with Crippen LogP contribution in [0.3, 0.4) is 0 Å². The first-order valence-electron chi connectivity index (χ1n) is 4.10. The van der Waals surface area contributed by atoms with E-state index in [0.29, 0.717) is 11.3 Å². The molecule has 1 aromatic rings. The molecule has 0 saturated heterocycles. The minimum absolute atomic E-state index is 0.0224. The van der Waals surface area contributed by atoms with Crippen molar-refractivity contribution < 1.29 is 12.6 Å². The number of hydrogen-bond acceptors (Lipinski definition) is 4. The van der Waals surface area contributed by atoms with Crippen molar-refractivity contribution in [3.63, 3.8) is 0 Å². The van der Waals surface area contributed by atoms with Gasteiger partial charge in [0.1, 0.15) is 0 Å². The third-order valence-electron chi connectivity index (χ3n) is 1.60. The summed E-state index contributed by atoms with van der Waals surface area (Å²) in [4.78, 5) is 2.67. The Balaban J connectivity index is 2.85. The maximum Gasteiger partial charge on any atom is 0.264 e. The lowest BCUT2D eigenvalue weighted by Crippen LogP contribution is -2.02. The van der Waals surface area contributed by atoms with Gasteiger partial charge in [0.15, 0.2) is 0 Å². The summed E-state index contributed by atoms with van der Waals surface area (Å²) in [5.41, 5.74) is 9.48. The molecule has 86 valence electrons. The first kappa shape index (κ1) is 13.2. The predicted molar refractivity (Wildman–Crippen MR) is 67.6 cm³/mol. The Labute approximate surface area is 107 Å². The second-order valence-corrected chi connectivity index (χ2v) is 5.75. The van der Waals surface area contributed by atoms with Crippen LogP contribution in [0.15, 0.2) is 23.3 Å². The summed E-state index contributed by atoms with van der Waals surface area (Å²) >= 11 is 2.00. The van der Waals surface area contributed by atoms with E-state index in [1.807, 2.05) is 22.6 Å². The zero-order valence-corrected chi connectivity index (χ0v) is 11.3. The molecule has 0 aliphatic rings. The Hall–Kier alpha value is -0.830. The molecule has 0 atom stereocenters. The lowest BCUT2D eigenvalue weighted by atomic mass is 10.2. The minimum atomic E-state index is -3.44. The van der Waals surface area contributed by atoms with E-state index in [2.05, 4.69) is 14.2 Å². The lowest BCUT2D eigenvalue weighted by Gasteiger charge is -2.03. The SMILES string of the molecule is CS(=O)(=O)OCc1ccc(N=[N+]=[N-])c(I)c1. The van der Waals surface area contributed by atoms with Crippen molar-refractivity contribution in [2.45, 2.75) is 6.61 Å². The number of benzene rings is 1. The molecule has 0 aliphatic heterocycles. The van der Waals surface area contributed by atoms with Crippen molar-refractivity contribution in [3.05, 3.63) is 37.8 Å². The van der Waals surface area contributed by atoms with Crippen molar-refractivity contribution in [1.29, 1.82) is 0 Å². The Morgan fingerprint density at radius 1 is 1.56 bits per heavy atom. The van der Waals surface area contributed by atoms with E-state index in [-0.39, 0.29) is 6.61 Å². The smallest absolute Gasteiger partial charge is 0.264 e. The molecule has 0 unspecified atom stereocenters. The molecule has 0 heterocycles. The van der Waals surface area contributed by atoms with E-state index in [1.165, 1.54) is 0 Å². The molecule has 0 bridgehead atoms. The van der Waals surface area contributed by atoms with Crippen LogP contribution in [-0.2, 0) is 20.9 Å². The molecule has 0 aliphatic carbocycles. The van der Waals surface area contributed by atoms with Gasteiger partial charge in [0.25, 0.3) is 10.1 Å². The fraction of sp³-hybridized carbons (Fsp3) is 0.250. The molecule has 0 fully saturated rings. The van der Waals surface area contributed by atoms with Gasteiger partial charge in [-0.05, 0) is 39.8 Å². The molecular formula is C8H8IN3O3S. The average molecular weight is 353 g/mol. The highest BCUT2D eigenvalue weighted by atomic mass is 127. The zero-order chi connectivity index (χ0) is 12.2. The number of rotatable bonds is 4. The predicted octanol–water partition coefficient (Wildman–Crippen LogP) is 2.71. The molecule has 8 heteroatoms. The zero-order valence-electron chi connectivity index (χ0n) is 8.29. The average Bonchev–Trinajstić information content (AvgIpc) is 2.18. The van der Waals surface area contributed by atoms with Crippen LogP contribution in [0, 0.1) is 3.57 Å². The van der Waals surface area contributed by atoms with Gasteiger partial charge in [-0.3, -0.25) is 4.18 Å². The van der Waals surface area contributed by atoms with Gasteiger partial charge in [-0.15, -0.1) is 0 Å². The van der Waals surface area contributed by atoms with Crippen molar-refractivity contribution in [2.75, 3.05) is 6.26 Å². The van der Waals surface area contributed by atoms with E-state index in [1.54, 1.807) is 18.2 Å². The highest BCUT2D eigenvalue weighted by Crippen LogP contribution is 2.23. The van der Waals surface area contributed by atoms with Gasteiger partial charge in [0.05, 0.1) is 18.6 Å². The normalized spacial score (nSPS) is 10.9. The van der Waals surface area contributed by atoms with Crippen LogP contribution in [0.2, 0.25) is 0 Å². The van der Waals surface area contributed by atoms with Crippen molar-refractivity contribution in [1.82, 2.24) is 0 Å². The van der Waals surface area contributed by atoms with Crippen molar-refractivity contribution in [2.24, 2.45) is 5.11 Å². The second kappa shape index (κ2) is 5.48. The largest absolute Gasteiger partial charge is 0.265 e. The van der Waals surface area contributed by atoms with Crippen molar-refractivity contribution in [3.8, 4) is 0 Å². The van der Waals surface area contributed by atoms with E-state index in [4.69, 9.17) is 5.53 Å². The fourth-order valence-corrected chi connectivity index (χ4v) is 1.98.